The van der Waals surface area contributed by atoms with Gasteiger partial charge >= 0.3 is 5.97 Å². The second-order valence-corrected chi connectivity index (χ2v) is 6.81. The quantitative estimate of drug-likeness (QED) is 0.494. The number of Topliss-reactive ketones (excluding diaryl/α,β-unsaturated/α-hetero) is 1. The summed E-state index contributed by atoms with van der Waals surface area (Å²) in [4.78, 5) is 25.8. The van der Waals surface area contributed by atoms with Gasteiger partial charge in [0.25, 0.3) is 0 Å². The highest BCUT2D eigenvalue weighted by Gasteiger charge is 2.15. The van der Waals surface area contributed by atoms with E-state index in [0.717, 1.165) is 33.4 Å². The number of fused-ring (bicyclic) bond motifs is 1. The highest BCUT2D eigenvalue weighted by atomic mass is 32.1. The van der Waals surface area contributed by atoms with Crippen LogP contribution in [0.25, 0.3) is 11.0 Å². The van der Waals surface area contributed by atoms with Crippen LogP contribution in [0.1, 0.15) is 32.6 Å². The first-order chi connectivity index (χ1) is 11.6. The Balaban J connectivity index is 1.59. The molecular formula is C19H18O4S. The highest BCUT2D eigenvalue weighted by molar-refractivity contribution is 7.14. The first kappa shape index (κ1) is 16.5. The number of carbonyl (C=O) groups excluding carboxylic acids is 2. The van der Waals surface area contributed by atoms with Gasteiger partial charge < -0.3 is 9.15 Å². The molecule has 0 unspecified atom stereocenters. The molecule has 0 aliphatic carbocycles. The van der Waals surface area contributed by atoms with Crippen molar-refractivity contribution in [1.82, 2.24) is 0 Å². The second kappa shape index (κ2) is 7.01. The summed E-state index contributed by atoms with van der Waals surface area (Å²) < 4.78 is 10.6. The van der Waals surface area contributed by atoms with Gasteiger partial charge in [-0.2, -0.15) is 0 Å². The van der Waals surface area contributed by atoms with Crippen LogP contribution in [0, 0.1) is 6.92 Å². The maximum atomic E-state index is 12.0. The fourth-order valence-corrected chi connectivity index (χ4v) is 3.34. The Morgan fingerprint density at radius 1 is 1.21 bits per heavy atom. The second-order valence-electron chi connectivity index (χ2n) is 5.64. The van der Waals surface area contributed by atoms with E-state index in [1.807, 2.05) is 38.1 Å². The van der Waals surface area contributed by atoms with Crippen LogP contribution in [0.2, 0.25) is 0 Å². The molecule has 0 amide bonds. The van der Waals surface area contributed by atoms with Crippen LogP contribution >= 0.6 is 11.3 Å². The Morgan fingerprint density at radius 3 is 2.79 bits per heavy atom. The summed E-state index contributed by atoms with van der Waals surface area (Å²) in [6, 6.07) is 9.54. The van der Waals surface area contributed by atoms with Crippen LogP contribution in [-0.2, 0) is 22.4 Å². The van der Waals surface area contributed by atoms with Crippen LogP contribution in [0.3, 0.4) is 0 Å². The van der Waals surface area contributed by atoms with Crippen LogP contribution in [-0.4, -0.2) is 18.4 Å². The largest absolute Gasteiger partial charge is 0.464 e. The lowest BCUT2D eigenvalue weighted by atomic mass is 10.1. The van der Waals surface area contributed by atoms with E-state index in [9.17, 15) is 9.59 Å². The summed E-state index contributed by atoms with van der Waals surface area (Å²) in [5.41, 5.74) is 2.62. The van der Waals surface area contributed by atoms with Crippen molar-refractivity contribution in [3.05, 3.63) is 57.5 Å². The fraction of sp³-hybridized carbons (Fsp3) is 0.263. The van der Waals surface area contributed by atoms with Gasteiger partial charge in [0.05, 0.1) is 17.6 Å². The number of carbonyl (C=O) groups is 2. The fourth-order valence-electron chi connectivity index (χ4n) is 2.47. The number of ether oxygens (including phenoxy) is 1. The van der Waals surface area contributed by atoms with E-state index in [4.69, 9.17) is 9.15 Å². The molecule has 24 heavy (non-hydrogen) atoms. The summed E-state index contributed by atoms with van der Waals surface area (Å²) in [6.45, 7) is 3.80. The molecule has 0 aliphatic rings. The number of thiophene rings is 1. The molecule has 0 radical (unpaired) electrons. The molecule has 0 saturated heterocycles. The van der Waals surface area contributed by atoms with Crippen molar-refractivity contribution in [3.63, 3.8) is 0 Å². The summed E-state index contributed by atoms with van der Waals surface area (Å²) >= 11 is 1.45. The van der Waals surface area contributed by atoms with E-state index in [1.54, 1.807) is 12.3 Å². The van der Waals surface area contributed by atoms with Crippen molar-refractivity contribution in [3.8, 4) is 0 Å². The number of rotatable bonds is 6. The Labute approximate surface area is 144 Å². The average Bonchev–Trinajstić information content (AvgIpc) is 3.19. The third kappa shape index (κ3) is 3.57. The molecule has 0 aliphatic heterocycles. The van der Waals surface area contributed by atoms with Gasteiger partial charge in [0.15, 0.2) is 6.61 Å². The lowest BCUT2D eigenvalue weighted by Crippen LogP contribution is -2.14. The molecule has 0 saturated carbocycles. The highest BCUT2D eigenvalue weighted by Crippen LogP contribution is 2.23. The van der Waals surface area contributed by atoms with E-state index >= 15 is 0 Å². The van der Waals surface area contributed by atoms with Gasteiger partial charge in [-0.15, -0.1) is 11.3 Å². The van der Waals surface area contributed by atoms with Gasteiger partial charge in [-0.3, -0.25) is 9.59 Å². The zero-order valence-electron chi connectivity index (χ0n) is 13.6. The molecule has 0 atom stereocenters. The number of esters is 1. The van der Waals surface area contributed by atoms with Crippen molar-refractivity contribution in [2.75, 3.05) is 6.61 Å². The van der Waals surface area contributed by atoms with E-state index in [1.165, 1.54) is 11.3 Å². The molecule has 4 nitrogen and oxygen atoms in total. The SMILES string of the molecule is CCc1ccc(C(=O)COC(=O)Cc2coc3cc(C)ccc23)s1. The van der Waals surface area contributed by atoms with Crippen LogP contribution in [0.5, 0.6) is 0 Å². The van der Waals surface area contributed by atoms with Gasteiger partial charge in [0.1, 0.15) is 5.58 Å². The standard InChI is InChI=1S/C19H18O4S/c1-3-14-5-7-18(24-14)16(20)11-23-19(21)9-13-10-22-17-8-12(2)4-6-15(13)17/h4-8,10H,3,9,11H2,1-2H3. The van der Waals surface area contributed by atoms with E-state index in [0.29, 0.717) is 4.88 Å². The summed E-state index contributed by atoms with van der Waals surface area (Å²) in [5, 5.41) is 0.898. The molecule has 0 spiro atoms. The lowest BCUT2D eigenvalue weighted by molar-refractivity contribution is -0.141. The van der Waals surface area contributed by atoms with Crippen molar-refractivity contribution >= 4 is 34.1 Å². The number of hydrogen-bond donors (Lipinski definition) is 0. The van der Waals surface area contributed by atoms with Crippen molar-refractivity contribution in [1.29, 1.82) is 0 Å². The number of furan rings is 1. The molecule has 0 bridgehead atoms. The summed E-state index contributed by atoms with van der Waals surface area (Å²) in [6.07, 6.45) is 2.55. The molecule has 5 heteroatoms. The molecule has 124 valence electrons. The predicted molar refractivity (Wildman–Crippen MR) is 93.6 cm³/mol. The van der Waals surface area contributed by atoms with Gasteiger partial charge in [-0.1, -0.05) is 19.1 Å². The average molecular weight is 342 g/mol. The minimum Gasteiger partial charge on any atom is -0.464 e. The van der Waals surface area contributed by atoms with Gasteiger partial charge in [0, 0.05) is 15.8 Å². The van der Waals surface area contributed by atoms with Crippen molar-refractivity contribution < 1.29 is 18.7 Å². The number of aryl methyl sites for hydroxylation is 2. The van der Waals surface area contributed by atoms with Gasteiger partial charge in [-0.05, 0) is 37.1 Å². The number of benzene rings is 1. The molecule has 3 rings (SSSR count). The third-order valence-corrected chi connectivity index (χ3v) is 5.07. The molecule has 0 fully saturated rings. The maximum Gasteiger partial charge on any atom is 0.310 e. The summed E-state index contributed by atoms with van der Waals surface area (Å²) in [7, 11) is 0. The minimum atomic E-state index is -0.432. The monoisotopic (exact) mass is 342 g/mol. The molecule has 2 heterocycles. The van der Waals surface area contributed by atoms with Crippen LogP contribution < -0.4 is 0 Å². The Bertz CT molecular complexity index is 888. The number of ketones is 1. The zero-order chi connectivity index (χ0) is 17.1. The van der Waals surface area contributed by atoms with Crippen LogP contribution in [0.15, 0.2) is 41.0 Å². The zero-order valence-corrected chi connectivity index (χ0v) is 14.4. The van der Waals surface area contributed by atoms with Crippen molar-refractivity contribution in [2.24, 2.45) is 0 Å². The topological polar surface area (TPSA) is 56.5 Å². The van der Waals surface area contributed by atoms with E-state index in [-0.39, 0.29) is 18.8 Å². The van der Waals surface area contributed by atoms with E-state index < -0.39 is 5.97 Å². The molecular weight excluding hydrogens is 324 g/mol. The smallest absolute Gasteiger partial charge is 0.310 e. The number of hydrogen-bond acceptors (Lipinski definition) is 5. The normalized spacial score (nSPS) is 10.9. The Hall–Kier alpha value is -2.40. The van der Waals surface area contributed by atoms with Gasteiger partial charge in [-0.25, -0.2) is 0 Å². The molecule has 2 aromatic heterocycles. The van der Waals surface area contributed by atoms with Crippen LogP contribution in [0.4, 0.5) is 0 Å². The Kier molecular flexibility index (Phi) is 4.81. The predicted octanol–water partition coefficient (Wildman–Crippen LogP) is 4.33. The van der Waals surface area contributed by atoms with E-state index in [2.05, 4.69) is 0 Å². The third-order valence-electron chi connectivity index (χ3n) is 3.80. The molecule has 0 N–H and O–H groups in total. The van der Waals surface area contributed by atoms with Gasteiger partial charge in [0.2, 0.25) is 5.78 Å². The first-order valence-electron chi connectivity index (χ1n) is 7.81. The minimum absolute atomic E-state index is 0.0913. The first-order valence-corrected chi connectivity index (χ1v) is 8.62. The van der Waals surface area contributed by atoms with Crippen molar-refractivity contribution in [2.45, 2.75) is 26.7 Å². The Morgan fingerprint density at radius 2 is 2.04 bits per heavy atom. The maximum absolute atomic E-state index is 12.0. The molecule has 3 aromatic rings. The lowest BCUT2D eigenvalue weighted by Gasteiger charge is -2.02. The summed E-state index contributed by atoms with van der Waals surface area (Å²) in [5.74, 6) is -0.598. The molecule has 1 aromatic carbocycles.